The van der Waals surface area contributed by atoms with Crippen LogP contribution >= 0.6 is 15.9 Å². The average molecular weight is 348 g/mol. The molecule has 1 aliphatic heterocycles. The summed E-state index contributed by atoms with van der Waals surface area (Å²) in [5.74, 6) is -0.0651. The summed E-state index contributed by atoms with van der Waals surface area (Å²) in [6.07, 6.45) is 1.80. The highest BCUT2D eigenvalue weighted by Gasteiger charge is 2.34. The van der Waals surface area contributed by atoms with Gasteiger partial charge in [0.25, 0.3) is 0 Å². The molecule has 1 amide bonds. The van der Waals surface area contributed by atoms with E-state index in [1.54, 1.807) is 6.20 Å². The fourth-order valence-corrected chi connectivity index (χ4v) is 3.47. The molecule has 6 nitrogen and oxygen atoms in total. The molecule has 2 N–H and O–H groups in total. The summed E-state index contributed by atoms with van der Waals surface area (Å²) in [6, 6.07) is 1.83. The average Bonchev–Trinajstić information content (AvgIpc) is 2.61. The first-order valence-electron chi connectivity index (χ1n) is 5.70. The number of primary sulfonamides is 1. The fraction of sp³-hybridized carbons (Fsp3) is 0.455. The number of rotatable bonds is 3. The van der Waals surface area contributed by atoms with E-state index >= 15 is 0 Å². The Kier molecular flexibility index (Phi) is 3.93. The van der Waals surface area contributed by atoms with E-state index in [9.17, 15) is 13.2 Å². The number of carbonyl (C=O) groups is 1. The molecule has 2 rings (SSSR count). The third kappa shape index (κ3) is 3.31. The highest BCUT2D eigenvalue weighted by molar-refractivity contribution is 9.10. The first kappa shape index (κ1) is 14.4. The van der Waals surface area contributed by atoms with E-state index in [1.807, 2.05) is 13.0 Å². The smallest absolute Gasteiger partial charge is 0.228 e. The van der Waals surface area contributed by atoms with Gasteiger partial charge in [0, 0.05) is 25.1 Å². The van der Waals surface area contributed by atoms with Gasteiger partial charge in [0.1, 0.15) is 5.82 Å². The molecule has 1 aromatic heterocycles. The summed E-state index contributed by atoms with van der Waals surface area (Å²) in [4.78, 5) is 17.7. The molecule has 8 heteroatoms. The number of sulfonamides is 1. The minimum absolute atomic E-state index is 0.132. The molecule has 104 valence electrons. The van der Waals surface area contributed by atoms with Crippen molar-refractivity contribution in [3.8, 4) is 0 Å². The van der Waals surface area contributed by atoms with Gasteiger partial charge in [-0.2, -0.15) is 0 Å². The largest absolute Gasteiger partial charge is 0.296 e. The molecular weight excluding hydrogens is 334 g/mol. The maximum absolute atomic E-state index is 12.0. The first-order valence-corrected chi connectivity index (χ1v) is 8.20. The second-order valence-corrected chi connectivity index (χ2v) is 7.12. The third-order valence-electron chi connectivity index (χ3n) is 2.99. The second kappa shape index (κ2) is 5.18. The Labute approximate surface area is 120 Å². The van der Waals surface area contributed by atoms with Crippen molar-refractivity contribution in [2.24, 2.45) is 11.1 Å². The lowest BCUT2D eigenvalue weighted by molar-refractivity contribution is -0.117. The molecule has 1 aromatic rings. The first-order chi connectivity index (χ1) is 8.78. The fourth-order valence-electron chi connectivity index (χ4n) is 2.14. The number of nitrogens with two attached hydrogens (primary N) is 1. The molecule has 1 aliphatic rings. The van der Waals surface area contributed by atoms with Crippen LogP contribution in [0.5, 0.6) is 0 Å². The van der Waals surface area contributed by atoms with Gasteiger partial charge in [0.05, 0.1) is 10.2 Å². The molecule has 1 fully saturated rings. The number of aryl methyl sites for hydroxylation is 1. The summed E-state index contributed by atoms with van der Waals surface area (Å²) in [7, 11) is -3.57. The number of carbonyl (C=O) groups excluding carboxylic acids is 1. The summed E-state index contributed by atoms with van der Waals surface area (Å²) in [6.45, 7) is 2.22. The molecule has 0 saturated carbocycles. The summed E-state index contributed by atoms with van der Waals surface area (Å²) in [5, 5.41) is 5.02. The zero-order valence-corrected chi connectivity index (χ0v) is 12.7. The number of nitrogens with zero attached hydrogens (tertiary/aromatic N) is 2. The molecule has 0 aromatic carbocycles. The Morgan fingerprint density at radius 2 is 2.26 bits per heavy atom. The van der Waals surface area contributed by atoms with Gasteiger partial charge < -0.3 is 0 Å². The van der Waals surface area contributed by atoms with E-state index in [2.05, 4.69) is 20.9 Å². The molecule has 1 saturated heterocycles. The highest BCUT2D eigenvalue weighted by atomic mass is 79.9. The Morgan fingerprint density at radius 1 is 1.58 bits per heavy atom. The quantitative estimate of drug-likeness (QED) is 0.874. The van der Waals surface area contributed by atoms with Gasteiger partial charge in [-0.25, -0.2) is 18.5 Å². The molecule has 19 heavy (non-hydrogen) atoms. The van der Waals surface area contributed by atoms with Gasteiger partial charge >= 0.3 is 0 Å². The van der Waals surface area contributed by atoms with Crippen molar-refractivity contribution >= 4 is 37.7 Å². The van der Waals surface area contributed by atoms with Crippen molar-refractivity contribution in [3.05, 3.63) is 22.3 Å². The van der Waals surface area contributed by atoms with Gasteiger partial charge in [-0.1, -0.05) is 0 Å². The number of anilines is 1. The number of aromatic nitrogens is 1. The van der Waals surface area contributed by atoms with E-state index in [-0.39, 0.29) is 24.0 Å². The van der Waals surface area contributed by atoms with Gasteiger partial charge in [-0.05, 0) is 34.5 Å². The van der Waals surface area contributed by atoms with E-state index < -0.39 is 10.0 Å². The molecule has 0 radical (unpaired) electrons. The van der Waals surface area contributed by atoms with E-state index in [1.165, 1.54) is 4.90 Å². The van der Waals surface area contributed by atoms with Crippen molar-refractivity contribution in [2.45, 2.75) is 13.3 Å². The Bertz CT molecular complexity index is 618. The van der Waals surface area contributed by atoms with Crippen LogP contribution in [-0.4, -0.2) is 31.6 Å². The second-order valence-electron chi connectivity index (χ2n) is 4.67. The van der Waals surface area contributed by atoms with Crippen molar-refractivity contribution in [1.82, 2.24) is 4.98 Å². The number of halogens is 1. The summed E-state index contributed by atoms with van der Waals surface area (Å²) >= 11 is 3.40. The van der Waals surface area contributed by atoms with Gasteiger partial charge in [0.15, 0.2) is 0 Å². The molecule has 1 atom stereocenters. The molecule has 2 heterocycles. The van der Waals surface area contributed by atoms with Crippen LogP contribution < -0.4 is 10.0 Å². The van der Waals surface area contributed by atoms with Crippen LogP contribution in [0.4, 0.5) is 5.82 Å². The lowest BCUT2D eigenvalue weighted by Gasteiger charge is -2.17. The van der Waals surface area contributed by atoms with Crippen LogP contribution in [-0.2, 0) is 14.8 Å². The summed E-state index contributed by atoms with van der Waals surface area (Å²) in [5.41, 5.74) is 0.965. The van der Waals surface area contributed by atoms with Crippen molar-refractivity contribution in [1.29, 1.82) is 0 Å². The lowest BCUT2D eigenvalue weighted by Crippen LogP contribution is -2.28. The highest BCUT2D eigenvalue weighted by Crippen LogP contribution is 2.31. The SMILES string of the molecule is Cc1ccnc(N2CC(CS(N)(=O)=O)CC2=O)c1Br. The number of hydrogen-bond acceptors (Lipinski definition) is 4. The van der Waals surface area contributed by atoms with Gasteiger partial charge in [-0.15, -0.1) is 0 Å². The van der Waals surface area contributed by atoms with Crippen LogP contribution in [0.1, 0.15) is 12.0 Å². The van der Waals surface area contributed by atoms with E-state index in [0.29, 0.717) is 12.4 Å². The monoisotopic (exact) mass is 347 g/mol. The standard InChI is InChI=1S/C11H14BrN3O3S/c1-7-2-3-14-11(10(7)12)15-5-8(4-9(15)16)6-19(13,17)18/h2-3,8H,4-6H2,1H3,(H2,13,17,18). The van der Waals surface area contributed by atoms with E-state index in [0.717, 1.165) is 10.0 Å². The predicted octanol–water partition coefficient (Wildman–Crippen LogP) is 0.794. The van der Waals surface area contributed by atoms with Crippen LogP contribution in [0.25, 0.3) is 0 Å². The Hall–Kier alpha value is -0.990. The minimum atomic E-state index is -3.57. The third-order valence-corrected chi connectivity index (χ3v) is 4.91. The van der Waals surface area contributed by atoms with Crippen molar-refractivity contribution < 1.29 is 13.2 Å². The van der Waals surface area contributed by atoms with Crippen LogP contribution in [0, 0.1) is 12.8 Å². The zero-order valence-electron chi connectivity index (χ0n) is 10.3. The maximum atomic E-state index is 12.0. The van der Waals surface area contributed by atoms with Crippen LogP contribution in [0.3, 0.4) is 0 Å². The van der Waals surface area contributed by atoms with Crippen LogP contribution in [0.2, 0.25) is 0 Å². The molecule has 0 aliphatic carbocycles. The topological polar surface area (TPSA) is 93.4 Å². The lowest BCUT2D eigenvalue weighted by atomic mass is 10.1. The van der Waals surface area contributed by atoms with Gasteiger partial charge in [-0.3, -0.25) is 9.69 Å². The van der Waals surface area contributed by atoms with Crippen LogP contribution in [0.15, 0.2) is 16.7 Å². The molecular formula is C11H14BrN3O3S. The molecule has 0 bridgehead atoms. The predicted molar refractivity (Wildman–Crippen MR) is 75.1 cm³/mol. The van der Waals surface area contributed by atoms with Gasteiger partial charge in [0.2, 0.25) is 15.9 Å². The minimum Gasteiger partial charge on any atom is -0.296 e. The maximum Gasteiger partial charge on any atom is 0.228 e. The zero-order chi connectivity index (χ0) is 14.2. The summed E-state index contributed by atoms with van der Waals surface area (Å²) < 4.78 is 22.9. The Morgan fingerprint density at radius 3 is 2.89 bits per heavy atom. The normalized spacial score (nSPS) is 20.1. The molecule has 0 spiro atoms. The molecule has 1 unspecified atom stereocenters. The Balaban J connectivity index is 2.23. The van der Waals surface area contributed by atoms with Crippen molar-refractivity contribution in [3.63, 3.8) is 0 Å². The number of hydrogen-bond donors (Lipinski definition) is 1. The number of amides is 1. The van der Waals surface area contributed by atoms with Crippen molar-refractivity contribution in [2.75, 3.05) is 17.2 Å². The number of pyridine rings is 1. The van der Waals surface area contributed by atoms with E-state index in [4.69, 9.17) is 5.14 Å².